The highest BCUT2D eigenvalue weighted by Crippen LogP contribution is 2.54. The number of aliphatic hydroxyl groups excluding tert-OH is 1. The molecule has 86 valence electrons. The van der Waals surface area contributed by atoms with Crippen LogP contribution in [0.5, 0.6) is 0 Å². The highest BCUT2D eigenvalue weighted by Gasteiger charge is 2.61. The van der Waals surface area contributed by atoms with Gasteiger partial charge in [0.15, 0.2) is 0 Å². The van der Waals surface area contributed by atoms with Gasteiger partial charge in [-0.1, -0.05) is 29.8 Å². The Bertz CT molecular complexity index is 396. The van der Waals surface area contributed by atoms with E-state index in [0.717, 1.165) is 11.1 Å². The van der Waals surface area contributed by atoms with Crippen molar-refractivity contribution < 1.29 is 14.6 Å². The van der Waals surface area contributed by atoms with Gasteiger partial charge in [0, 0.05) is 12.5 Å². The fourth-order valence-corrected chi connectivity index (χ4v) is 2.30. The van der Waals surface area contributed by atoms with E-state index in [2.05, 4.69) is 0 Å². The van der Waals surface area contributed by atoms with Crippen LogP contribution in [0.4, 0.5) is 0 Å². The molecule has 1 aromatic rings. The molecule has 0 bridgehead atoms. The van der Waals surface area contributed by atoms with Gasteiger partial charge in [-0.05, 0) is 18.9 Å². The molecule has 0 aromatic heterocycles. The first-order chi connectivity index (χ1) is 7.65. The van der Waals surface area contributed by atoms with Crippen molar-refractivity contribution in [2.24, 2.45) is 5.92 Å². The molecule has 2 unspecified atom stereocenters. The minimum absolute atomic E-state index is 0.00246. The molecule has 1 aromatic carbocycles. The number of carbonyl (C=O) groups excluding carboxylic acids is 1. The number of hydrogen-bond acceptors (Lipinski definition) is 3. The first-order valence-electron chi connectivity index (χ1n) is 5.41. The molecule has 16 heavy (non-hydrogen) atoms. The Labute approximate surface area is 95.0 Å². The van der Waals surface area contributed by atoms with Gasteiger partial charge < -0.3 is 9.84 Å². The molecular weight excluding hydrogens is 204 g/mol. The Morgan fingerprint density at radius 3 is 2.56 bits per heavy atom. The Hall–Kier alpha value is -1.35. The summed E-state index contributed by atoms with van der Waals surface area (Å²) in [5.41, 5.74) is 1.51. The zero-order valence-electron chi connectivity index (χ0n) is 9.56. The van der Waals surface area contributed by atoms with Gasteiger partial charge in [-0.25, -0.2) is 0 Å². The SMILES string of the molecule is COC(=O)C1(c2ccc(C)cc2)CC1CO. The lowest BCUT2D eigenvalue weighted by molar-refractivity contribution is -0.144. The molecular formula is C13H16O3. The number of aryl methyl sites for hydroxylation is 1. The Morgan fingerprint density at radius 2 is 2.12 bits per heavy atom. The second-order valence-corrected chi connectivity index (χ2v) is 4.41. The van der Waals surface area contributed by atoms with Gasteiger partial charge in [0.2, 0.25) is 0 Å². The van der Waals surface area contributed by atoms with Gasteiger partial charge in [0.05, 0.1) is 12.5 Å². The van der Waals surface area contributed by atoms with E-state index in [1.165, 1.54) is 7.11 Å². The summed E-state index contributed by atoms with van der Waals surface area (Å²) in [7, 11) is 1.39. The molecule has 1 N–H and O–H groups in total. The molecule has 3 nitrogen and oxygen atoms in total. The summed E-state index contributed by atoms with van der Waals surface area (Å²) in [6, 6.07) is 7.85. The van der Waals surface area contributed by atoms with E-state index in [1.54, 1.807) is 0 Å². The van der Waals surface area contributed by atoms with Crippen LogP contribution >= 0.6 is 0 Å². The average Bonchev–Trinajstić information content (AvgIpc) is 3.04. The predicted molar refractivity (Wildman–Crippen MR) is 60.1 cm³/mol. The highest BCUT2D eigenvalue weighted by molar-refractivity contribution is 5.87. The molecule has 2 rings (SSSR count). The van der Waals surface area contributed by atoms with Crippen molar-refractivity contribution in [2.45, 2.75) is 18.8 Å². The zero-order chi connectivity index (χ0) is 11.8. The zero-order valence-corrected chi connectivity index (χ0v) is 9.56. The minimum Gasteiger partial charge on any atom is -0.468 e. The summed E-state index contributed by atoms with van der Waals surface area (Å²) in [6.45, 7) is 2.04. The maximum Gasteiger partial charge on any atom is 0.316 e. The third kappa shape index (κ3) is 1.52. The summed E-state index contributed by atoms with van der Waals surface area (Å²) in [6.07, 6.45) is 0.680. The van der Waals surface area contributed by atoms with Crippen molar-refractivity contribution in [1.29, 1.82) is 0 Å². The third-order valence-electron chi connectivity index (χ3n) is 3.44. The Balaban J connectivity index is 2.35. The number of benzene rings is 1. The summed E-state index contributed by atoms with van der Waals surface area (Å²) in [4.78, 5) is 11.8. The number of esters is 1. The first-order valence-corrected chi connectivity index (χ1v) is 5.41. The van der Waals surface area contributed by atoms with E-state index in [4.69, 9.17) is 4.74 Å². The molecule has 0 radical (unpaired) electrons. The van der Waals surface area contributed by atoms with E-state index < -0.39 is 5.41 Å². The predicted octanol–water partition coefficient (Wildman–Crippen LogP) is 1.42. The lowest BCUT2D eigenvalue weighted by Gasteiger charge is -2.15. The normalized spacial score (nSPS) is 27.6. The third-order valence-corrected chi connectivity index (χ3v) is 3.44. The average molecular weight is 220 g/mol. The van der Waals surface area contributed by atoms with Crippen molar-refractivity contribution >= 4 is 5.97 Å². The van der Waals surface area contributed by atoms with Crippen molar-refractivity contribution in [3.63, 3.8) is 0 Å². The lowest BCUT2D eigenvalue weighted by Crippen LogP contribution is -2.25. The maximum absolute atomic E-state index is 11.8. The van der Waals surface area contributed by atoms with E-state index >= 15 is 0 Å². The standard InChI is InChI=1S/C13H16O3/c1-9-3-5-10(6-4-9)13(12(15)16-2)7-11(13)8-14/h3-6,11,14H,7-8H2,1-2H3. The molecule has 0 heterocycles. The van der Waals surface area contributed by atoms with Gasteiger partial charge in [0.25, 0.3) is 0 Å². The quantitative estimate of drug-likeness (QED) is 0.784. The number of rotatable bonds is 3. The topological polar surface area (TPSA) is 46.5 Å². The Kier molecular flexibility index (Phi) is 2.72. The number of ether oxygens (including phenoxy) is 1. The van der Waals surface area contributed by atoms with Crippen molar-refractivity contribution in [3.05, 3.63) is 35.4 Å². The molecule has 1 fully saturated rings. The molecule has 0 aliphatic heterocycles. The van der Waals surface area contributed by atoms with Crippen LogP contribution < -0.4 is 0 Å². The van der Waals surface area contributed by atoms with E-state index in [-0.39, 0.29) is 18.5 Å². The summed E-state index contributed by atoms with van der Waals surface area (Å²) < 4.78 is 4.84. The number of hydrogen-bond donors (Lipinski definition) is 1. The van der Waals surface area contributed by atoms with Crippen LogP contribution in [0.2, 0.25) is 0 Å². The van der Waals surface area contributed by atoms with Crippen LogP contribution in [0.25, 0.3) is 0 Å². The second-order valence-electron chi connectivity index (χ2n) is 4.41. The summed E-state index contributed by atoms with van der Waals surface area (Å²) >= 11 is 0. The monoisotopic (exact) mass is 220 g/mol. The minimum atomic E-state index is -0.600. The fourth-order valence-electron chi connectivity index (χ4n) is 2.30. The van der Waals surface area contributed by atoms with Gasteiger partial charge >= 0.3 is 5.97 Å². The van der Waals surface area contributed by atoms with Crippen LogP contribution in [-0.4, -0.2) is 24.8 Å². The summed E-state index contributed by atoms with van der Waals surface area (Å²) in [5, 5.41) is 9.19. The van der Waals surface area contributed by atoms with Crippen LogP contribution in [0.1, 0.15) is 17.5 Å². The van der Waals surface area contributed by atoms with Crippen LogP contribution in [-0.2, 0) is 14.9 Å². The van der Waals surface area contributed by atoms with Gasteiger partial charge in [-0.2, -0.15) is 0 Å². The van der Waals surface area contributed by atoms with E-state index in [1.807, 2.05) is 31.2 Å². The van der Waals surface area contributed by atoms with Crippen molar-refractivity contribution in [1.82, 2.24) is 0 Å². The molecule has 0 amide bonds. The van der Waals surface area contributed by atoms with Crippen molar-refractivity contribution in [3.8, 4) is 0 Å². The van der Waals surface area contributed by atoms with Crippen molar-refractivity contribution in [2.75, 3.05) is 13.7 Å². The molecule has 2 atom stereocenters. The molecule has 0 spiro atoms. The lowest BCUT2D eigenvalue weighted by atomic mass is 9.92. The van der Waals surface area contributed by atoms with Gasteiger partial charge in [0.1, 0.15) is 0 Å². The van der Waals surface area contributed by atoms with Crippen LogP contribution in [0, 0.1) is 12.8 Å². The number of carbonyl (C=O) groups is 1. The smallest absolute Gasteiger partial charge is 0.316 e. The van der Waals surface area contributed by atoms with Gasteiger partial charge in [-0.3, -0.25) is 4.79 Å². The first kappa shape index (κ1) is 11.1. The molecule has 1 saturated carbocycles. The second kappa shape index (κ2) is 3.91. The van der Waals surface area contributed by atoms with Crippen LogP contribution in [0.15, 0.2) is 24.3 Å². The van der Waals surface area contributed by atoms with E-state index in [0.29, 0.717) is 6.42 Å². The van der Waals surface area contributed by atoms with Crippen LogP contribution in [0.3, 0.4) is 0 Å². The highest BCUT2D eigenvalue weighted by atomic mass is 16.5. The molecule has 1 aliphatic rings. The molecule has 0 saturated heterocycles. The number of methoxy groups -OCH3 is 1. The maximum atomic E-state index is 11.8. The number of aliphatic hydroxyl groups is 1. The summed E-state index contributed by atoms with van der Waals surface area (Å²) in [5.74, 6) is -0.238. The fraction of sp³-hybridized carbons (Fsp3) is 0.462. The largest absolute Gasteiger partial charge is 0.468 e. The Morgan fingerprint density at radius 1 is 1.50 bits per heavy atom. The van der Waals surface area contributed by atoms with E-state index in [9.17, 15) is 9.90 Å². The molecule has 1 aliphatic carbocycles. The van der Waals surface area contributed by atoms with Gasteiger partial charge in [-0.15, -0.1) is 0 Å². The molecule has 3 heteroatoms.